The second kappa shape index (κ2) is 13.6. The summed E-state index contributed by atoms with van der Waals surface area (Å²) in [5.74, 6) is 0.473. The van der Waals surface area contributed by atoms with Crippen LogP contribution in [0.25, 0.3) is 11.1 Å². The number of hydrogen-bond acceptors (Lipinski definition) is 6. The number of aromatic nitrogens is 1. The molecule has 2 heterocycles. The van der Waals surface area contributed by atoms with E-state index in [2.05, 4.69) is 10.3 Å². The number of amides is 1. The smallest absolute Gasteiger partial charge is 0.407 e. The minimum atomic E-state index is -0.548. The van der Waals surface area contributed by atoms with Gasteiger partial charge >= 0.3 is 6.09 Å². The van der Waals surface area contributed by atoms with E-state index in [4.69, 9.17) is 14.2 Å². The highest BCUT2D eigenvalue weighted by molar-refractivity contribution is 5.71. The lowest BCUT2D eigenvalue weighted by molar-refractivity contribution is 0.0497. The van der Waals surface area contributed by atoms with Crippen molar-refractivity contribution in [1.82, 2.24) is 10.3 Å². The average Bonchev–Trinajstić information content (AvgIpc) is 2.99. The van der Waals surface area contributed by atoms with Crippen molar-refractivity contribution in [3.8, 4) is 22.9 Å². The molecule has 8 heteroatoms. The predicted molar refractivity (Wildman–Crippen MR) is 166 cm³/mol. The van der Waals surface area contributed by atoms with Crippen molar-refractivity contribution in [1.29, 1.82) is 0 Å². The molecule has 1 aliphatic heterocycles. The Hall–Kier alpha value is -4.59. The number of carbonyl (C=O) groups excluding carboxylic acids is 1. The first-order valence-corrected chi connectivity index (χ1v) is 14.6. The lowest BCUT2D eigenvalue weighted by Crippen LogP contribution is -2.46. The second-order valence-electron chi connectivity index (χ2n) is 11.6. The van der Waals surface area contributed by atoms with Crippen LogP contribution < -0.4 is 19.7 Å². The zero-order valence-electron chi connectivity index (χ0n) is 24.9. The minimum Gasteiger partial charge on any atom is -0.473 e. The third-order valence-electron chi connectivity index (χ3n) is 7.10. The fourth-order valence-corrected chi connectivity index (χ4v) is 4.96. The van der Waals surface area contributed by atoms with Gasteiger partial charge in [0.25, 0.3) is 0 Å². The molecule has 7 nitrogen and oxygen atoms in total. The monoisotopic (exact) mass is 583 g/mol. The summed E-state index contributed by atoms with van der Waals surface area (Å²) in [6, 6.07) is 28.5. The molecule has 1 aromatic heterocycles. The number of piperidine rings is 1. The third kappa shape index (κ3) is 8.47. The number of nitrogens with zero attached hydrogens (tertiary/aromatic N) is 2. The Morgan fingerprint density at radius 2 is 1.51 bits per heavy atom. The highest BCUT2D eigenvalue weighted by Crippen LogP contribution is 2.34. The Balaban J connectivity index is 1.29. The standard InChI is InChI=1S/C35H38FN3O4/c1-35(2,3)43-34(40)37-28-18-20-39(21-19-28)31-16-14-27(22-30(31)36)29-15-17-32(41-23-25-10-6-4-7-11-25)38-33(29)42-24-26-12-8-5-9-13-26/h4-17,22,28H,18-21,23-24H2,1-3H3,(H,37,40). The number of benzene rings is 3. The summed E-state index contributed by atoms with van der Waals surface area (Å²) >= 11 is 0. The van der Waals surface area contributed by atoms with Crippen LogP contribution in [0.5, 0.6) is 11.8 Å². The van der Waals surface area contributed by atoms with Crippen molar-refractivity contribution in [2.75, 3.05) is 18.0 Å². The second-order valence-corrected chi connectivity index (χ2v) is 11.6. The Bertz CT molecular complexity index is 1500. The Morgan fingerprint density at radius 3 is 2.12 bits per heavy atom. The van der Waals surface area contributed by atoms with Gasteiger partial charge in [0.2, 0.25) is 11.8 Å². The van der Waals surface area contributed by atoms with Crippen LogP contribution in [-0.4, -0.2) is 35.8 Å². The number of ether oxygens (including phenoxy) is 3. The Kier molecular flexibility index (Phi) is 9.45. The third-order valence-corrected chi connectivity index (χ3v) is 7.10. The molecular weight excluding hydrogens is 545 g/mol. The highest BCUT2D eigenvalue weighted by Gasteiger charge is 2.25. The van der Waals surface area contributed by atoms with Gasteiger partial charge in [-0.05, 0) is 68.5 Å². The van der Waals surface area contributed by atoms with E-state index in [1.54, 1.807) is 12.1 Å². The molecule has 1 fully saturated rings. The van der Waals surface area contributed by atoms with E-state index in [9.17, 15) is 4.79 Å². The van der Waals surface area contributed by atoms with Gasteiger partial charge in [0.05, 0.1) is 5.69 Å². The van der Waals surface area contributed by atoms with Crippen LogP contribution in [0.15, 0.2) is 91.0 Å². The number of nitrogens with one attached hydrogen (secondary N) is 1. The fraction of sp³-hybridized carbons (Fsp3) is 0.314. The molecule has 1 N–H and O–H groups in total. The molecule has 0 unspecified atom stereocenters. The van der Waals surface area contributed by atoms with Crippen LogP contribution in [0.3, 0.4) is 0 Å². The first-order chi connectivity index (χ1) is 20.7. The van der Waals surface area contributed by atoms with E-state index >= 15 is 4.39 Å². The first kappa shape index (κ1) is 29.9. The number of anilines is 1. The summed E-state index contributed by atoms with van der Waals surface area (Å²) < 4.78 is 33.0. The quantitative estimate of drug-likeness (QED) is 0.220. The van der Waals surface area contributed by atoms with Gasteiger partial charge in [-0.1, -0.05) is 66.7 Å². The van der Waals surface area contributed by atoms with E-state index in [1.807, 2.05) is 98.5 Å². The van der Waals surface area contributed by atoms with Crippen molar-refractivity contribution in [3.63, 3.8) is 0 Å². The van der Waals surface area contributed by atoms with Gasteiger partial charge in [0.1, 0.15) is 24.6 Å². The maximum absolute atomic E-state index is 15.6. The summed E-state index contributed by atoms with van der Waals surface area (Å²) in [7, 11) is 0. The molecular formula is C35H38FN3O4. The molecule has 4 aromatic rings. The maximum Gasteiger partial charge on any atom is 0.407 e. The van der Waals surface area contributed by atoms with E-state index < -0.39 is 11.7 Å². The largest absolute Gasteiger partial charge is 0.473 e. The normalized spacial score (nSPS) is 13.8. The van der Waals surface area contributed by atoms with E-state index in [0.717, 1.165) is 11.1 Å². The van der Waals surface area contributed by atoms with E-state index in [0.29, 0.717) is 67.7 Å². The van der Waals surface area contributed by atoms with Crippen LogP contribution in [0.1, 0.15) is 44.7 Å². The lowest BCUT2D eigenvalue weighted by atomic mass is 10.0. The summed E-state index contributed by atoms with van der Waals surface area (Å²) in [6.45, 7) is 7.45. The van der Waals surface area contributed by atoms with Gasteiger partial charge in [-0.25, -0.2) is 9.18 Å². The van der Waals surface area contributed by atoms with Crippen LogP contribution in [-0.2, 0) is 18.0 Å². The van der Waals surface area contributed by atoms with Gasteiger partial charge in [0, 0.05) is 30.8 Å². The number of pyridine rings is 1. The molecule has 0 bridgehead atoms. The van der Waals surface area contributed by atoms with Gasteiger partial charge in [0.15, 0.2) is 0 Å². The molecule has 0 aliphatic carbocycles. The SMILES string of the molecule is CC(C)(C)OC(=O)NC1CCN(c2ccc(-c3ccc(OCc4ccccc4)nc3OCc3ccccc3)cc2F)CC1. The molecule has 1 amide bonds. The lowest BCUT2D eigenvalue weighted by Gasteiger charge is -2.34. The number of hydrogen-bond donors (Lipinski definition) is 1. The molecule has 1 aliphatic rings. The van der Waals surface area contributed by atoms with Crippen molar-refractivity contribution in [2.45, 2.75) is 58.5 Å². The van der Waals surface area contributed by atoms with Crippen molar-refractivity contribution in [3.05, 3.63) is 108 Å². The van der Waals surface area contributed by atoms with Crippen molar-refractivity contribution >= 4 is 11.8 Å². The van der Waals surface area contributed by atoms with Gasteiger partial charge in [-0.2, -0.15) is 4.98 Å². The number of halogens is 1. The van der Waals surface area contributed by atoms with Crippen molar-refractivity contribution in [2.24, 2.45) is 0 Å². The molecule has 43 heavy (non-hydrogen) atoms. The molecule has 0 spiro atoms. The molecule has 1 saturated heterocycles. The predicted octanol–water partition coefficient (Wildman–Crippen LogP) is 7.54. The molecule has 0 atom stereocenters. The number of alkyl carbamates (subject to hydrolysis) is 1. The van der Waals surface area contributed by atoms with E-state index in [-0.39, 0.29) is 11.9 Å². The Labute approximate surface area is 252 Å². The molecule has 0 radical (unpaired) electrons. The summed E-state index contributed by atoms with van der Waals surface area (Å²) in [6.07, 6.45) is 0.982. The molecule has 3 aromatic carbocycles. The first-order valence-electron chi connectivity index (χ1n) is 14.6. The van der Waals surface area contributed by atoms with Crippen LogP contribution >= 0.6 is 0 Å². The van der Waals surface area contributed by atoms with Crippen molar-refractivity contribution < 1.29 is 23.4 Å². The zero-order chi connectivity index (χ0) is 30.2. The average molecular weight is 584 g/mol. The van der Waals surface area contributed by atoms with Gasteiger partial charge < -0.3 is 24.4 Å². The fourth-order valence-electron chi connectivity index (χ4n) is 4.96. The van der Waals surface area contributed by atoms with Gasteiger partial charge in [-0.3, -0.25) is 0 Å². The van der Waals surface area contributed by atoms with E-state index in [1.165, 1.54) is 6.07 Å². The molecule has 5 rings (SSSR count). The number of rotatable bonds is 9. The molecule has 224 valence electrons. The molecule has 0 saturated carbocycles. The summed E-state index contributed by atoms with van der Waals surface area (Å²) in [5, 5.41) is 2.93. The van der Waals surface area contributed by atoms with Crippen LogP contribution in [0.4, 0.5) is 14.9 Å². The maximum atomic E-state index is 15.6. The number of carbonyl (C=O) groups is 1. The topological polar surface area (TPSA) is 72.9 Å². The summed E-state index contributed by atoms with van der Waals surface area (Å²) in [4.78, 5) is 18.8. The Morgan fingerprint density at radius 1 is 0.884 bits per heavy atom. The summed E-state index contributed by atoms with van der Waals surface area (Å²) in [5.41, 5.74) is 3.34. The highest BCUT2D eigenvalue weighted by atomic mass is 19.1. The minimum absolute atomic E-state index is 0.00791. The van der Waals surface area contributed by atoms with Crippen LogP contribution in [0, 0.1) is 5.82 Å². The van der Waals surface area contributed by atoms with Crippen LogP contribution in [0.2, 0.25) is 0 Å². The van der Waals surface area contributed by atoms with Gasteiger partial charge in [-0.15, -0.1) is 0 Å². The zero-order valence-corrected chi connectivity index (χ0v) is 24.9.